The van der Waals surface area contributed by atoms with Gasteiger partial charge in [0.1, 0.15) is 5.82 Å². The lowest BCUT2D eigenvalue weighted by Crippen LogP contribution is -2.53. The zero-order chi connectivity index (χ0) is 14.1. The van der Waals surface area contributed by atoms with Gasteiger partial charge in [-0.3, -0.25) is 9.69 Å². The van der Waals surface area contributed by atoms with Crippen molar-refractivity contribution >= 4 is 10.9 Å². The maximum absolute atomic E-state index is 12.0. The van der Waals surface area contributed by atoms with Crippen LogP contribution in [0.1, 0.15) is 19.7 Å². The Morgan fingerprint density at radius 3 is 2.70 bits per heavy atom. The molecule has 1 aliphatic heterocycles. The Labute approximate surface area is 118 Å². The van der Waals surface area contributed by atoms with E-state index in [0.717, 1.165) is 24.4 Å². The summed E-state index contributed by atoms with van der Waals surface area (Å²) in [5, 5.41) is 4.15. The summed E-state index contributed by atoms with van der Waals surface area (Å²) in [6, 6.07) is 8.39. The molecule has 106 valence electrons. The number of aromatic amines is 1. The van der Waals surface area contributed by atoms with E-state index in [1.54, 1.807) is 6.07 Å². The van der Waals surface area contributed by atoms with Gasteiger partial charge in [-0.2, -0.15) is 0 Å². The highest BCUT2D eigenvalue weighted by atomic mass is 16.1. The summed E-state index contributed by atoms with van der Waals surface area (Å²) in [6.45, 7) is 7.00. The van der Waals surface area contributed by atoms with Crippen molar-refractivity contribution in [3.8, 4) is 0 Å². The number of piperazine rings is 1. The SMILES string of the molecule is CC1CN(Cc2nc3ccccc3c(=O)[nH]2)CC(C)N1. The molecule has 20 heavy (non-hydrogen) atoms. The Morgan fingerprint density at radius 2 is 1.95 bits per heavy atom. The largest absolute Gasteiger partial charge is 0.309 e. The van der Waals surface area contributed by atoms with E-state index < -0.39 is 0 Å². The zero-order valence-electron chi connectivity index (χ0n) is 11.9. The lowest BCUT2D eigenvalue weighted by Gasteiger charge is -2.35. The summed E-state index contributed by atoms with van der Waals surface area (Å²) in [5.74, 6) is 0.745. The highest BCUT2D eigenvalue weighted by molar-refractivity contribution is 5.77. The van der Waals surface area contributed by atoms with Gasteiger partial charge in [0.2, 0.25) is 0 Å². The van der Waals surface area contributed by atoms with E-state index in [4.69, 9.17) is 0 Å². The third-order valence-electron chi connectivity index (χ3n) is 3.67. The van der Waals surface area contributed by atoms with Crippen molar-refractivity contribution in [2.75, 3.05) is 13.1 Å². The van der Waals surface area contributed by atoms with E-state index in [1.165, 1.54) is 0 Å². The van der Waals surface area contributed by atoms with Crippen LogP contribution in [-0.2, 0) is 6.54 Å². The molecule has 5 nitrogen and oxygen atoms in total. The molecule has 1 aromatic carbocycles. The molecule has 2 heterocycles. The highest BCUT2D eigenvalue weighted by Crippen LogP contribution is 2.10. The minimum Gasteiger partial charge on any atom is -0.309 e. The second kappa shape index (κ2) is 5.34. The summed E-state index contributed by atoms with van der Waals surface area (Å²) < 4.78 is 0. The molecule has 3 rings (SSSR count). The molecule has 0 amide bonds. The fraction of sp³-hybridized carbons (Fsp3) is 0.467. The van der Waals surface area contributed by atoms with Gasteiger partial charge in [0.15, 0.2) is 0 Å². The molecule has 1 aliphatic rings. The molecule has 2 unspecified atom stereocenters. The third-order valence-corrected chi connectivity index (χ3v) is 3.67. The fourth-order valence-electron chi connectivity index (χ4n) is 2.99. The number of nitrogens with zero attached hydrogens (tertiary/aromatic N) is 2. The second-order valence-electron chi connectivity index (χ2n) is 5.69. The Morgan fingerprint density at radius 1 is 1.25 bits per heavy atom. The van der Waals surface area contributed by atoms with Crippen LogP contribution in [0, 0.1) is 0 Å². The van der Waals surface area contributed by atoms with Crippen molar-refractivity contribution in [2.24, 2.45) is 0 Å². The van der Waals surface area contributed by atoms with E-state index in [1.807, 2.05) is 18.2 Å². The van der Waals surface area contributed by atoms with Gasteiger partial charge in [0.25, 0.3) is 5.56 Å². The molecule has 0 saturated carbocycles. The van der Waals surface area contributed by atoms with E-state index >= 15 is 0 Å². The number of aromatic nitrogens is 2. The number of hydrogen-bond acceptors (Lipinski definition) is 4. The Kier molecular flexibility index (Phi) is 3.54. The second-order valence-corrected chi connectivity index (χ2v) is 5.69. The summed E-state index contributed by atoms with van der Waals surface area (Å²) in [7, 11) is 0. The minimum atomic E-state index is -0.0539. The van der Waals surface area contributed by atoms with E-state index in [9.17, 15) is 4.79 Å². The lowest BCUT2D eigenvalue weighted by molar-refractivity contribution is 0.163. The zero-order valence-corrected chi connectivity index (χ0v) is 11.9. The lowest BCUT2D eigenvalue weighted by atomic mass is 10.1. The number of fused-ring (bicyclic) bond motifs is 1. The molecular formula is C15H20N4O. The summed E-state index contributed by atoms with van der Waals surface area (Å²) in [5.41, 5.74) is 0.712. The van der Waals surface area contributed by atoms with E-state index in [-0.39, 0.29) is 5.56 Å². The molecule has 2 atom stereocenters. The quantitative estimate of drug-likeness (QED) is 0.859. The van der Waals surface area contributed by atoms with Crippen LogP contribution in [0.4, 0.5) is 0 Å². The van der Waals surface area contributed by atoms with Crippen LogP contribution < -0.4 is 10.9 Å². The molecule has 0 bridgehead atoms. The van der Waals surface area contributed by atoms with Gasteiger partial charge < -0.3 is 10.3 Å². The third kappa shape index (κ3) is 2.73. The van der Waals surface area contributed by atoms with Gasteiger partial charge >= 0.3 is 0 Å². The van der Waals surface area contributed by atoms with Crippen molar-refractivity contribution in [3.05, 3.63) is 40.4 Å². The Bertz CT molecular complexity index is 656. The summed E-state index contributed by atoms with van der Waals surface area (Å²) >= 11 is 0. The molecule has 0 spiro atoms. The first kappa shape index (κ1) is 13.3. The topological polar surface area (TPSA) is 61.0 Å². The maximum atomic E-state index is 12.0. The van der Waals surface area contributed by atoms with Gasteiger partial charge in [-0.05, 0) is 26.0 Å². The Balaban J connectivity index is 1.86. The van der Waals surface area contributed by atoms with E-state index in [0.29, 0.717) is 24.0 Å². The monoisotopic (exact) mass is 272 g/mol. The number of H-pyrrole nitrogens is 1. The number of para-hydroxylation sites is 1. The number of rotatable bonds is 2. The van der Waals surface area contributed by atoms with Crippen LogP contribution in [-0.4, -0.2) is 40.0 Å². The van der Waals surface area contributed by atoms with Crippen molar-refractivity contribution in [1.82, 2.24) is 20.2 Å². The fourth-order valence-corrected chi connectivity index (χ4v) is 2.99. The highest BCUT2D eigenvalue weighted by Gasteiger charge is 2.21. The van der Waals surface area contributed by atoms with E-state index in [2.05, 4.69) is 34.0 Å². The molecule has 1 aromatic heterocycles. The van der Waals surface area contributed by atoms with Gasteiger partial charge in [-0.1, -0.05) is 12.1 Å². The molecule has 2 aromatic rings. The standard InChI is InChI=1S/C15H20N4O/c1-10-7-19(8-11(2)16-10)9-14-17-13-6-4-3-5-12(13)15(20)18-14/h3-6,10-11,16H,7-9H2,1-2H3,(H,17,18,20). The van der Waals surface area contributed by atoms with Gasteiger partial charge in [-0.25, -0.2) is 4.98 Å². The first-order chi connectivity index (χ1) is 9.61. The van der Waals surface area contributed by atoms with Crippen molar-refractivity contribution in [2.45, 2.75) is 32.5 Å². The molecule has 0 aliphatic carbocycles. The first-order valence-corrected chi connectivity index (χ1v) is 7.08. The molecule has 1 fully saturated rings. The first-order valence-electron chi connectivity index (χ1n) is 7.08. The van der Waals surface area contributed by atoms with Crippen LogP contribution in [0.2, 0.25) is 0 Å². The minimum absolute atomic E-state index is 0.0539. The van der Waals surface area contributed by atoms with Crippen LogP contribution >= 0.6 is 0 Å². The van der Waals surface area contributed by atoms with Crippen LogP contribution in [0.3, 0.4) is 0 Å². The molecule has 5 heteroatoms. The smallest absolute Gasteiger partial charge is 0.258 e. The Hall–Kier alpha value is -1.72. The number of benzene rings is 1. The summed E-state index contributed by atoms with van der Waals surface area (Å²) in [6.07, 6.45) is 0. The number of nitrogens with one attached hydrogen (secondary N) is 2. The van der Waals surface area contributed by atoms with Gasteiger partial charge in [0.05, 0.1) is 17.4 Å². The van der Waals surface area contributed by atoms with Crippen LogP contribution in [0.25, 0.3) is 10.9 Å². The molecular weight excluding hydrogens is 252 g/mol. The van der Waals surface area contributed by atoms with Gasteiger partial charge in [-0.15, -0.1) is 0 Å². The normalized spacial score (nSPS) is 24.1. The molecule has 0 radical (unpaired) electrons. The van der Waals surface area contributed by atoms with Gasteiger partial charge in [0, 0.05) is 25.2 Å². The molecule has 1 saturated heterocycles. The maximum Gasteiger partial charge on any atom is 0.258 e. The predicted molar refractivity (Wildman–Crippen MR) is 79.7 cm³/mol. The number of hydrogen-bond donors (Lipinski definition) is 2. The van der Waals surface area contributed by atoms with Crippen molar-refractivity contribution in [3.63, 3.8) is 0 Å². The summed E-state index contributed by atoms with van der Waals surface area (Å²) in [4.78, 5) is 21.8. The van der Waals surface area contributed by atoms with Crippen LogP contribution in [0.5, 0.6) is 0 Å². The average molecular weight is 272 g/mol. The predicted octanol–water partition coefficient (Wildman–Crippen LogP) is 1.11. The van der Waals surface area contributed by atoms with Crippen molar-refractivity contribution < 1.29 is 0 Å². The van der Waals surface area contributed by atoms with Crippen LogP contribution in [0.15, 0.2) is 29.1 Å². The van der Waals surface area contributed by atoms with Crippen molar-refractivity contribution in [1.29, 1.82) is 0 Å². The average Bonchev–Trinajstić information content (AvgIpc) is 2.37. The molecule has 2 N–H and O–H groups in total.